The van der Waals surface area contributed by atoms with Crippen LogP contribution in [0.4, 0.5) is 0 Å². The van der Waals surface area contributed by atoms with E-state index in [9.17, 15) is 9.59 Å². The molecule has 1 aliphatic heterocycles. The Morgan fingerprint density at radius 2 is 1.88 bits per heavy atom. The van der Waals surface area contributed by atoms with Crippen molar-refractivity contribution in [1.29, 1.82) is 0 Å². The maximum absolute atomic E-state index is 12.3. The maximum Gasteiger partial charge on any atom is 0.334 e. The van der Waals surface area contributed by atoms with Gasteiger partial charge in [-0.15, -0.1) is 0 Å². The summed E-state index contributed by atoms with van der Waals surface area (Å²) in [5.74, 6) is 0.505. The Kier molecular flexibility index (Phi) is 3.88. The molecule has 1 saturated heterocycles. The average Bonchev–Trinajstić information content (AvgIpc) is 2.87. The number of fused-ring (bicyclic) bond motifs is 5. The first-order chi connectivity index (χ1) is 12.1. The van der Waals surface area contributed by atoms with Gasteiger partial charge in [0.1, 0.15) is 6.10 Å². The molecule has 0 aromatic carbocycles. The highest BCUT2D eigenvalue weighted by atomic mass is 16.5. The molecule has 26 heavy (non-hydrogen) atoms. The Balaban J connectivity index is 1.84. The van der Waals surface area contributed by atoms with Crippen molar-refractivity contribution in [1.82, 2.24) is 0 Å². The van der Waals surface area contributed by atoms with Gasteiger partial charge < -0.3 is 9.47 Å². The molecule has 4 aliphatic rings. The lowest BCUT2D eigenvalue weighted by molar-refractivity contribution is -0.190. The minimum Gasteiger partial charge on any atom is -0.462 e. The number of rotatable bonds is 1. The topological polar surface area (TPSA) is 52.6 Å². The van der Waals surface area contributed by atoms with Crippen LogP contribution >= 0.6 is 0 Å². The summed E-state index contributed by atoms with van der Waals surface area (Å²) in [4.78, 5) is 24.2. The number of hydrogen-bond donors (Lipinski definition) is 0. The molecule has 3 aliphatic carbocycles. The first-order valence-electron chi connectivity index (χ1n) is 10.2. The molecule has 1 heterocycles. The molecule has 3 fully saturated rings. The maximum atomic E-state index is 12.3. The predicted molar refractivity (Wildman–Crippen MR) is 98.1 cm³/mol. The second-order valence-corrected chi connectivity index (χ2v) is 10.3. The van der Waals surface area contributed by atoms with E-state index in [0.717, 1.165) is 12.0 Å². The molecule has 0 spiro atoms. The molecular formula is C22H32O4. The zero-order valence-electron chi connectivity index (χ0n) is 16.8. The van der Waals surface area contributed by atoms with Crippen LogP contribution in [0.15, 0.2) is 11.6 Å². The Bertz CT molecular complexity index is 678. The van der Waals surface area contributed by atoms with Gasteiger partial charge in [0.05, 0.1) is 6.61 Å². The van der Waals surface area contributed by atoms with Crippen molar-refractivity contribution in [3.05, 3.63) is 11.6 Å². The van der Waals surface area contributed by atoms with E-state index in [0.29, 0.717) is 17.9 Å². The van der Waals surface area contributed by atoms with E-state index >= 15 is 0 Å². The minimum atomic E-state index is -0.323. The number of cyclic esters (lactones) is 1. The summed E-state index contributed by atoms with van der Waals surface area (Å²) in [5, 5.41) is 0. The monoisotopic (exact) mass is 360 g/mol. The van der Waals surface area contributed by atoms with Crippen LogP contribution < -0.4 is 0 Å². The lowest BCUT2D eigenvalue weighted by atomic mass is 9.39. The van der Waals surface area contributed by atoms with Gasteiger partial charge in [-0.05, 0) is 53.9 Å². The quantitative estimate of drug-likeness (QED) is 0.655. The minimum absolute atomic E-state index is 0.0605. The summed E-state index contributed by atoms with van der Waals surface area (Å²) in [6, 6.07) is 0. The van der Waals surface area contributed by atoms with E-state index in [-0.39, 0.29) is 40.7 Å². The highest BCUT2D eigenvalue weighted by Gasteiger charge is 2.65. The summed E-state index contributed by atoms with van der Waals surface area (Å²) in [7, 11) is 0. The molecule has 0 radical (unpaired) electrons. The summed E-state index contributed by atoms with van der Waals surface area (Å²) in [5.41, 5.74) is 1.10. The zero-order valence-corrected chi connectivity index (χ0v) is 16.8. The second kappa shape index (κ2) is 5.59. The van der Waals surface area contributed by atoms with Crippen molar-refractivity contribution in [3.8, 4) is 0 Å². The predicted octanol–water partition coefficient (Wildman–Crippen LogP) is 4.28. The van der Waals surface area contributed by atoms with Gasteiger partial charge in [-0.1, -0.05) is 34.1 Å². The summed E-state index contributed by atoms with van der Waals surface area (Å²) in [6.07, 6.45) is 7.51. The van der Waals surface area contributed by atoms with E-state index in [2.05, 4.69) is 27.7 Å². The Morgan fingerprint density at radius 3 is 2.58 bits per heavy atom. The molecule has 2 saturated carbocycles. The molecule has 0 amide bonds. The largest absolute Gasteiger partial charge is 0.462 e. The number of carbonyl (C=O) groups is 2. The highest BCUT2D eigenvalue weighted by Crippen LogP contribution is 2.69. The van der Waals surface area contributed by atoms with Crippen LogP contribution in [0.25, 0.3) is 0 Å². The molecule has 4 nitrogen and oxygen atoms in total. The highest BCUT2D eigenvalue weighted by molar-refractivity contribution is 5.91. The van der Waals surface area contributed by atoms with Gasteiger partial charge >= 0.3 is 11.9 Å². The lowest BCUT2D eigenvalue weighted by Crippen LogP contribution is -2.62. The van der Waals surface area contributed by atoms with Crippen LogP contribution in [0.3, 0.4) is 0 Å². The average molecular weight is 360 g/mol. The van der Waals surface area contributed by atoms with Gasteiger partial charge in [-0.2, -0.15) is 0 Å². The van der Waals surface area contributed by atoms with Crippen LogP contribution in [0.5, 0.6) is 0 Å². The SMILES string of the molecule is CC(=O)O[C@H]1C=C2C(=O)OC[C@H]2[C@]2(C)CC[C@H]3C(C)(C)CCC[C@]3(C)[C@@H]12. The molecule has 6 atom stereocenters. The van der Waals surface area contributed by atoms with E-state index in [4.69, 9.17) is 9.47 Å². The fraction of sp³-hybridized carbons (Fsp3) is 0.818. The number of hydrogen-bond acceptors (Lipinski definition) is 4. The van der Waals surface area contributed by atoms with Gasteiger partial charge in [0.25, 0.3) is 0 Å². The Hall–Kier alpha value is -1.32. The second-order valence-electron chi connectivity index (χ2n) is 10.3. The number of carbonyl (C=O) groups excluding carboxylic acids is 2. The van der Waals surface area contributed by atoms with Crippen molar-refractivity contribution >= 4 is 11.9 Å². The Labute approximate surface area is 156 Å². The van der Waals surface area contributed by atoms with E-state index in [1.54, 1.807) is 0 Å². The lowest BCUT2D eigenvalue weighted by Gasteiger charge is -2.65. The van der Waals surface area contributed by atoms with Gasteiger partial charge in [-0.3, -0.25) is 4.79 Å². The Morgan fingerprint density at radius 1 is 1.15 bits per heavy atom. The molecule has 0 N–H and O–H groups in total. The molecule has 0 aromatic rings. The van der Waals surface area contributed by atoms with Crippen molar-refractivity contribution in [2.75, 3.05) is 6.61 Å². The van der Waals surface area contributed by atoms with Crippen LogP contribution in [0, 0.1) is 34.0 Å². The van der Waals surface area contributed by atoms with E-state index < -0.39 is 0 Å². The summed E-state index contributed by atoms with van der Waals surface area (Å²) < 4.78 is 11.3. The van der Waals surface area contributed by atoms with Crippen molar-refractivity contribution in [2.45, 2.75) is 72.8 Å². The van der Waals surface area contributed by atoms with Crippen LogP contribution in [-0.2, 0) is 19.1 Å². The molecule has 0 aromatic heterocycles. The number of esters is 2. The van der Waals surface area contributed by atoms with Gasteiger partial charge in [0.2, 0.25) is 0 Å². The summed E-state index contributed by atoms with van der Waals surface area (Å²) >= 11 is 0. The normalized spacial score (nSPS) is 46.3. The van der Waals surface area contributed by atoms with Crippen molar-refractivity contribution in [3.63, 3.8) is 0 Å². The van der Waals surface area contributed by atoms with Gasteiger partial charge in [0, 0.05) is 24.3 Å². The van der Waals surface area contributed by atoms with Crippen LogP contribution in [-0.4, -0.2) is 24.6 Å². The molecule has 144 valence electrons. The van der Waals surface area contributed by atoms with E-state index in [1.807, 2.05) is 6.08 Å². The fourth-order valence-electron chi connectivity index (χ4n) is 7.54. The summed E-state index contributed by atoms with van der Waals surface area (Å²) in [6.45, 7) is 11.5. The molecule has 4 rings (SSSR count). The first kappa shape index (κ1) is 18.1. The van der Waals surface area contributed by atoms with Crippen molar-refractivity contribution in [2.24, 2.45) is 34.0 Å². The van der Waals surface area contributed by atoms with Gasteiger partial charge in [0.15, 0.2) is 0 Å². The standard InChI is InChI=1S/C22H32O4/c1-13(23)26-16-11-14-15(12-25-19(14)24)21(4)10-7-17-20(2,3)8-6-9-22(17,5)18(16)21/h11,15-18H,6-10,12H2,1-5H3/t15-,16+,17+,18+,21+,22+/m1/s1. The smallest absolute Gasteiger partial charge is 0.334 e. The third-order valence-corrected chi connectivity index (χ3v) is 8.43. The van der Waals surface area contributed by atoms with Crippen molar-refractivity contribution < 1.29 is 19.1 Å². The third kappa shape index (κ3) is 2.33. The van der Waals surface area contributed by atoms with E-state index in [1.165, 1.54) is 32.6 Å². The zero-order chi connectivity index (χ0) is 18.9. The fourth-order valence-corrected chi connectivity index (χ4v) is 7.54. The molecule has 0 bridgehead atoms. The number of ether oxygens (including phenoxy) is 2. The van der Waals surface area contributed by atoms with Crippen LogP contribution in [0.2, 0.25) is 0 Å². The first-order valence-corrected chi connectivity index (χ1v) is 10.2. The van der Waals surface area contributed by atoms with Gasteiger partial charge in [-0.25, -0.2) is 4.79 Å². The third-order valence-electron chi connectivity index (χ3n) is 8.43. The van der Waals surface area contributed by atoms with Crippen LogP contribution in [0.1, 0.15) is 66.7 Å². The molecule has 4 heteroatoms. The molecule has 0 unspecified atom stereocenters. The molecular weight excluding hydrogens is 328 g/mol.